The van der Waals surface area contributed by atoms with E-state index in [0.717, 1.165) is 0 Å². The van der Waals surface area contributed by atoms with Crippen molar-refractivity contribution in [3.8, 4) is 0 Å². The summed E-state index contributed by atoms with van der Waals surface area (Å²) in [7, 11) is 0. The van der Waals surface area contributed by atoms with E-state index >= 15 is 0 Å². The maximum atomic E-state index is 11.4. The molecule has 3 N–H and O–H groups in total. The lowest BCUT2D eigenvalue weighted by Gasteiger charge is -2.19. The number of hydrogen-bond donors (Lipinski definition) is 3. The van der Waals surface area contributed by atoms with Gasteiger partial charge >= 0.3 is 6.09 Å². The lowest BCUT2D eigenvalue weighted by molar-refractivity contribution is -0.120. The standard InChI is InChI=1S/C13H25N3O4/c1-5-10(17)14-7-6-8-15-11(18)9-16-12(19)20-13(2,3)4/h5-9H2,1-4H3,(H,14,17)(H,15,18)(H,16,19). The Morgan fingerprint density at radius 1 is 0.950 bits per heavy atom. The first kappa shape index (κ1) is 18.2. The Morgan fingerprint density at radius 3 is 2.00 bits per heavy atom. The number of carbonyl (C=O) groups excluding carboxylic acids is 3. The highest BCUT2D eigenvalue weighted by atomic mass is 16.6. The third-order valence-electron chi connectivity index (χ3n) is 2.11. The van der Waals surface area contributed by atoms with Gasteiger partial charge in [0.2, 0.25) is 11.8 Å². The minimum Gasteiger partial charge on any atom is -0.444 e. The molecule has 0 aromatic rings. The number of alkyl carbamates (subject to hydrolysis) is 1. The molecule has 0 aromatic heterocycles. The Labute approximate surface area is 119 Å². The number of amides is 3. The lowest BCUT2D eigenvalue weighted by atomic mass is 10.2. The first-order valence-electron chi connectivity index (χ1n) is 6.75. The number of rotatable bonds is 7. The second-order valence-corrected chi connectivity index (χ2v) is 5.26. The summed E-state index contributed by atoms with van der Waals surface area (Å²) in [5, 5.41) is 7.70. The molecule has 0 radical (unpaired) electrons. The van der Waals surface area contributed by atoms with Crippen LogP contribution in [-0.4, -0.2) is 43.1 Å². The summed E-state index contributed by atoms with van der Waals surface area (Å²) in [4.78, 5) is 33.6. The van der Waals surface area contributed by atoms with Gasteiger partial charge in [-0.1, -0.05) is 6.92 Å². The molecule has 0 saturated heterocycles. The van der Waals surface area contributed by atoms with Crippen LogP contribution in [0, 0.1) is 0 Å². The van der Waals surface area contributed by atoms with E-state index < -0.39 is 11.7 Å². The van der Waals surface area contributed by atoms with E-state index in [1.54, 1.807) is 27.7 Å². The first-order chi connectivity index (χ1) is 9.24. The van der Waals surface area contributed by atoms with Crippen LogP contribution in [0.15, 0.2) is 0 Å². The molecule has 0 heterocycles. The van der Waals surface area contributed by atoms with Crippen LogP contribution in [0.2, 0.25) is 0 Å². The Bertz CT molecular complexity index is 337. The van der Waals surface area contributed by atoms with E-state index in [-0.39, 0.29) is 18.4 Å². The van der Waals surface area contributed by atoms with Crippen molar-refractivity contribution in [1.82, 2.24) is 16.0 Å². The molecule has 0 rings (SSSR count). The van der Waals surface area contributed by atoms with Gasteiger partial charge in [-0.2, -0.15) is 0 Å². The zero-order valence-corrected chi connectivity index (χ0v) is 12.7. The van der Waals surface area contributed by atoms with Gasteiger partial charge < -0.3 is 20.7 Å². The fraction of sp³-hybridized carbons (Fsp3) is 0.769. The van der Waals surface area contributed by atoms with Gasteiger partial charge in [0.05, 0.1) is 6.54 Å². The molecule has 0 aliphatic carbocycles. The summed E-state index contributed by atoms with van der Waals surface area (Å²) in [6, 6.07) is 0. The first-order valence-corrected chi connectivity index (χ1v) is 6.75. The Morgan fingerprint density at radius 2 is 1.50 bits per heavy atom. The molecular weight excluding hydrogens is 262 g/mol. The lowest BCUT2D eigenvalue weighted by Crippen LogP contribution is -2.40. The third-order valence-corrected chi connectivity index (χ3v) is 2.11. The highest BCUT2D eigenvalue weighted by molar-refractivity contribution is 5.82. The molecule has 3 amide bonds. The third kappa shape index (κ3) is 11.3. The van der Waals surface area contributed by atoms with Gasteiger partial charge in [0, 0.05) is 19.5 Å². The highest BCUT2D eigenvalue weighted by Gasteiger charge is 2.16. The van der Waals surface area contributed by atoms with Crippen molar-refractivity contribution in [1.29, 1.82) is 0 Å². The van der Waals surface area contributed by atoms with Gasteiger partial charge in [-0.3, -0.25) is 9.59 Å². The second kappa shape index (κ2) is 9.17. The van der Waals surface area contributed by atoms with Crippen molar-refractivity contribution in [3.63, 3.8) is 0 Å². The SMILES string of the molecule is CCC(=O)NCCCNC(=O)CNC(=O)OC(C)(C)C. The molecule has 0 atom stereocenters. The summed E-state index contributed by atoms with van der Waals surface area (Å²) >= 11 is 0. The molecule has 20 heavy (non-hydrogen) atoms. The van der Waals surface area contributed by atoms with Crippen LogP contribution in [0.5, 0.6) is 0 Å². The fourth-order valence-corrected chi connectivity index (χ4v) is 1.20. The summed E-state index contributed by atoms with van der Waals surface area (Å²) in [6.07, 6.45) is 0.471. The minimum absolute atomic E-state index is 0.0112. The van der Waals surface area contributed by atoms with E-state index in [4.69, 9.17) is 4.74 Å². The van der Waals surface area contributed by atoms with Crippen molar-refractivity contribution in [2.24, 2.45) is 0 Å². The fourth-order valence-electron chi connectivity index (χ4n) is 1.20. The Balaban J connectivity index is 3.60. The second-order valence-electron chi connectivity index (χ2n) is 5.26. The van der Waals surface area contributed by atoms with Crippen LogP contribution >= 0.6 is 0 Å². The molecule has 0 spiro atoms. The van der Waals surface area contributed by atoms with Crippen molar-refractivity contribution in [3.05, 3.63) is 0 Å². The van der Waals surface area contributed by atoms with Crippen LogP contribution < -0.4 is 16.0 Å². The van der Waals surface area contributed by atoms with Crippen molar-refractivity contribution < 1.29 is 19.1 Å². The molecule has 0 saturated carbocycles. The minimum atomic E-state index is -0.622. The molecule has 0 aromatic carbocycles. The Hall–Kier alpha value is -1.79. The van der Waals surface area contributed by atoms with Gasteiger partial charge in [-0.05, 0) is 27.2 Å². The smallest absolute Gasteiger partial charge is 0.408 e. The van der Waals surface area contributed by atoms with Crippen molar-refractivity contribution in [2.75, 3.05) is 19.6 Å². The molecule has 7 nitrogen and oxygen atoms in total. The van der Waals surface area contributed by atoms with Crippen LogP contribution in [0.4, 0.5) is 4.79 Å². The summed E-state index contributed by atoms with van der Waals surface area (Å²) in [5.74, 6) is -0.305. The van der Waals surface area contributed by atoms with Crippen LogP contribution in [0.3, 0.4) is 0 Å². The van der Waals surface area contributed by atoms with Gasteiger partial charge in [0.15, 0.2) is 0 Å². The van der Waals surface area contributed by atoms with E-state index in [0.29, 0.717) is 25.9 Å². The molecule has 0 fully saturated rings. The predicted octanol–water partition coefficient (Wildman–Crippen LogP) is 0.544. The molecule has 0 aliphatic heterocycles. The average Bonchev–Trinajstić information content (AvgIpc) is 2.33. The number of nitrogens with one attached hydrogen (secondary N) is 3. The topological polar surface area (TPSA) is 96.5 Å². The highest BCUT2D eigenvalue weighted by Crippen LogP contribution is 2.05. The normalized spacial score (nSPS) is 10.6. The van der Waals surface area contributed by atoms with E-state index in [9.17, 15) is 14.4 Å². The molecule has 0 aliphatic rings. The van der Waals surface area contributed by atoms with E-state index in [2.05, 4.69) is 16.0 Å². The largest absolute Gasteiger partial charge is 0.444 e. The summed E-state index contributed by atoms with van der Waals surface area (Å²) in [6.45, 7) is 7.85. The summed E-state index contributed by atoms with van der Waals surface area (Å²) in [5.41, 5.74) is -0.585. The number of carbonyl (C=O) groups is 3. The molecule has 7 heteroatoms. The van der Waals surface area contributed by atoms with Crippen LogP contribution in [0.1, 0.15) is 40.5 Å². The predicted molar refractivity (Wildman–Crippen MR) is 75.2 cm³/mol. The van der Waals surface area contributed by atoms with Gasteiger partial charge in [0.1, 0.15) is 5.60 Å². The van der Waals surface area contributed by atoms with Crippen LogP contribution in [0.25, 0.3) is 0 Å². The molecular formula is C13H25N3O4. The maximum Gasteiger partial charge on any atom is 0.408 e. The van der Waals surface area contributed by atoms with E-state index in [1.807, 2.05) is 0 Å². The Kier molecular flexibility index (Phi) is 8.35. The summed E-state index contributed by atoms with van der Waals surface area (Å²) < 4.78 is 4.99. The maximum absolute atomic E-state index is 11.4. The van der Waals surface area contributed by atoms with Crippen LogP contribution in [-0.2, 0) is 14.3 Å². The van der Waals surface area contributed by atoms with Crippen molar-refractivity contribution in [2.45, 2.75) is 46.1 Å². The molecule has 0 bridgehead atoms. The monoisotopic (exact) mass is 287 g/mol. The van der Waals surface area contributed by atoms with Gasteiger partial charge in [0.25, 0.3) is 0 Å². The van der Waals surface area contributed by atoms with E-state index in [1.165, 1.54) is 0 Å². The number of ether oxygens (including phenoxy) is 1. The van der Waals surface area contributed by atoms with Gasteiger partial charge in [-0.15, -0.1) is 0 Å². The van der Waals surface area contributed by atoms with Crippen molar-refractivity contribution >= 4 is 17.9 Å². The molecule has 0 unspecified atom stereocenters. The quantitative estimate of drug-likeness (QED) is 0.595. The number of hydrogen-bond acceptors (Lipinski definition) is 4. The zero-order chi connectivity index (χ0) is 15.6. The average molecular weight is 287 g/mol. The molecule has 116 valence electrons. The van der Waals surface area contributed by atoms with Gasteiger partial charge in [-0.25, -0.2) is 4.79 Å². The zero-order valence-electron chi connectivity index (χ0n) is 12.7.